The molecular weight excluding hydrogens is 268 g/mol. The van der Waals surface area contributed by atoms with Crippen LogP contribution < -0.4 is 4.74 Å². The topological polar surface area (TPSA) is 80.7 Å². The summed E-state index contributed by atoms with van der Waals surface area (Å²) in [4.78, 5) is 11.2. The van der Waals surface area contributed by atoms with Gasteiger partial charge in [-0.05, 0) is 25.0 Å². The Morgan fingerprint density at radius 3 is 2.58 bits per heavy atom. The fraction of sp³-hybridized carbons (Fsp3) is 0.462. The molecule has 6 heteroatoms. The second-order valence-corrected chi connectivity index (χ2v) is 5.70. The summed E-state index contributed by atoms with van der Waals surface area (Å²) < 4.78 is 36.6. The first-order chi connectivity index (χ1) is 8.86. The van der Waals surface area contributed by atoms with Crippen molar-refractivity contribution in [1.29, 1.82) is 0 Å². The van der Waals surface area contributed by atoms with Gasteiger partial charge in [0.1, 0.15) is 4.90 Å². The normalized spacial score (nSPS) is 11.3. The lowest BCUT2D eigenvalue weighted by molar-refractivity contribution is -0.134. The molecule has 1 rings (SSSR count). The van der Waals surface area contributed by atoms with E-state index in [0.29, 0.717) is 12.0 Å². The molecule has 5 nitrogen and oxygen atoms in total. The Morgan fingerprint density at radius 1 is 1.32 bits per heavy atom. The van der Waals surface area contributed by atoms with E-state index >= 15 is 0 Å². The Hall–Kier alpha value is -1.40. The number of aryl methyl sites for hydroxylation is 1. The van der Waals surface area contributed by atoms with E-state index in [2.05, 4.69) is 0 Å². The lowest BCUT2D eigenvalue weighted by Gasteiger charge is -2.10. The first kappa shape index (κ1) is 15.7. The van der Waals surface area contributed by atoms with E-state index in [1.165, 1.54) is 12.1 Å². The Labute approximate surface area is 113 Å². The molecule has 0 radical (unpaired) electrons. The maximum absolute atomic E-state index is 11.6. The standard InChI is InChI=1S/C13H18O5S/c1-3-4-5-9-12(14)18-13-10(2)7-6-8-11(13)19(15,16)17/h6-8H,3-5,9H2,1-2H3,(H,15,16,17). The molecule has 0 spiro atoms. The number of carbonyl (C=O) groups excluding carboxylic acids is 1. The van der Waals surface area contributed by atoms with Crippen LogP contribution in [0.1, 0.15) is 38.2 Å². The summed E-state index contributed by atoms with van der Waals surface area (Å²) in [6.07, 6.45) is 2.82. The zero-order chi connectivity index (χ0) is 14.5. The second kappa shape index (κ2) is 6.68. The van der Waals surface area contributed by atoms with E-state index in [1.54, 1.807) is 13.0 Å². The molecule has 0 aliphatic rings. The first-order valence-corrected chi connectivity index (χ1v) is 7.58. The monoisotopic (exact) mass is 286 g/mol. The van der Waals surface area contributed by atoms with Crippen molar-refractivity contribution in [3.63, 3.8) is 0 Å². The number of hydrogen-bond acceptors (Lipinski definition) is 4. The van der Waals surface area contributed by atoms with Crippen molar-refractivity contribution in [2.45, 2.75) is 44.4 Å². The minimum Gasteiger partial charge on any atom is -0.425 e. The van der Waals surface area contributed by atoms with Crippen LogP contribution in [0.5, 0.6) is 5.75 Å². The Bertz CT molecular complexity index is 548. The van der Waals surface area contributed by atoms with Crippen molar-refractivity contribution in [2.24, 2.45) is 0 Å². The molecule has 0 amide bonds. The first-order valence-electron chi connectivity index (χ1n) is 6.14. The van der Waals surface area contributed by atoms with E-state index in [0.717, 1.165) is 12.8 Å². The fourth-order valence-corrected chi connectivity index (χ4v) is 2.33. The molecule has 1 aromatic carbocycles. The van der Waals surface area contributed by atoms with E-state index in [4.69, 9.17) is 9.29 Å². The number of esters is 1. The molecule has 0 atom stereocenters. The van der Waals surface area contributed by atoms with Gasteiger partial charge in [0.15, 0.2) is 5.75 Å². The minimum absolute atomic E-state index is 0.0912. The lowest BCUT2D eigenvalue weighted by atomic mass is 10.2. The highest BCUT2D eigenvalue weighted by molar-refractivity contribution is 7.86. The molecule has 0 aliphatic heterocycles. The predicted octanol–water partition coefficient (Wildman–Crippen LogP) is 2.73. The van der Waals surface area contributed by atoms with Gasteiger partial charge in [-0.1, -0.05) is 31.9 Å². The number of rotatable bonds is 6. The molecule has 1 aromatic rings. The lowest BCUT2D eigenvalue weighted by Crippen LogP contribution is -2.12. The minimum atomic E-state index is -4.40. The predicted molar refractivity (Wildman–Crippen MR) is 70.8 cm³/mol. The number of ether oxygens (including phenoxy) is 1. The molecule has 0 aromatic heterocycles. The number of unbranched alkanes of at least 4 members (excludes halogenated alkanes) is 2. The number of hydrogen-bond donors (Lipinski definition) is 1. The van der Waals surface area contributed by atoms with E-state index < -0.39 is 16.1 Å². The molecule has 0 heterocycles. The van der Waals surface area contributed by atoms with E-state index in [-0.39, 0.29) is 17.1 Å². The highest BCUT2D eigenvalue weighted by Gasteiger charge is 2.20. The quantitative estimate of drug-likeness (QED) is 0.376. The van der Waals surface area contributed by atoms with Gasteiger partial charge < -0.3 is 4.74 Å². The van der Waals surface area contributed by atoms with Crippen LogP contribution in [0.25, 0.3) is 0 Å². The molecule has 0 saturated heterocycles. The van der Waals surface area contributed by atoms with E-state index in [9.17, 15) is 13.2 Å². The molecule has 0 bridgehead atoms. The summed E-state index contributed by atoms with van der Waals surface area (Å²) in [5.41, 5.74) is 0.485. The largest absolute Gasteiger partial charge is 0.425 e. The highest BCUT2D eigenvalue weighted by atomic mass is 32.2. The SMILES string of the molecule is CCCCCC(=O)Oc1c(C)cccc1S(=O)(=O)O. The van der Waals surface area contributed by atoms with Gasteiger partial charge in [-0.15, -0.1) is 0 Å². The summed E-state index contributed by atoms with van der Waals surface area (Å²) >= 11 is 0. The molecule has 1 N–H and O–H groups in total. The Balaban J connectivity index is 2.92. The van der Waals surface area contributed by atoms with Crippen molar-refractivity contribution >= 4 is 16.1 Å². The van der Waals surface area contributed by atoms with Crippen molar-refractivity contribution in [2.75, 3.05) is 0 Å². The maximum atomic E-state index is 11.6. The highest BCUT2D eigenvalue weighted by Crippen LogP contribution is 2.28. The molecule has 0 unspecified atom stereocenters. The average Bonchev–Trinajstić information content (AvgIpc) is 2.30. The molecule has 0 fully saturated rings. The summed E-state index contributed by atoms with van der Waals surface area (Å²) in [5, 5.41) is 0. The number of benzene rings is 1. The van der Waals surface area contributed by atoms with Crippen LogP contribution >= 0.6 is 0 Å². The van der Waals surface area contributed by atoms with Gasteiger partial charge in [-0.2, -0.15) is 8.42 Å². The van der Waals surface area contributed by atoms with Crippen molar-refractivity contribution in [3.05, 3.63) is 23.8 Å². The summed E-state index contributed by atoms with van der Waals surface area (Å²) in [6, 6.07) is 4.30. The maximum Gasteiger partial charge on any atom is 0.311 e. The van der Waals surface area contributed by atoms with Gasteiger partial charge in [0.05, 0.1) is 0 Å². The van der Waals surface area contributed by atoms with Gasteiger partial charge in [-0.3, -0.25) is 9.35 Å². The number of para-hydroxylation sites is 1. The zero-order valence-corrected chi connectivity index (χ0v) is 11.9. The Morgan fingerprint density at radius 2 is 2.00 bits per heavy atom. The van der Waals surface area contributed by atoms with Crippen LogP contribution in [0.2, 0.25) is 0 Å². The zero-order valence-electron chi connectivity index (χ0n) is 11.0. The average molecular weight is 286 g/mol. The fourth-order valence-electron chi connectivity index (χ4n) is 1.64. The van der Waals surface area contributed by atoms with Crippen molar-refractivity contribution in [1.82, 2.24) is 0 Å². The third kappa shape index (κ3) is 4.65. The van der Waals surface area contributed by atoms with Crippen LogP contribution in [-0.4, -0.2) is 18.9 Å². The summed E-state index contributed by atoms with van der Waals surface area (Å²) in [7, 11) is -4.40. The van der Waals surface area contributed by atoms with Gasteiger partial charge in [0, 0.05) is 6.42 Å². The van der Waals surface area contributed by atoms with E-state index in [1.807, 2.05) is 6.92 Å². The number of carbonyl (C=O) groups is 1. The Kier molecular flexibility index (Phi) is 5.50. The van der Waals surface area contributed by atoms with Gasteiger partial charge in [0.25, 0.3) is 10.1 Å². The molecule has 19 heavy (non-hydrogen) atoms. The molecule has 0 aliphatic carbocycles. The van der Waals surface area contributed by atoms with Crippen LogP contribution in [0.15, 0.2) is 23.1 Å². The van der Waals surface area contributed by atoms with Gasteiger partial charge >= 0.3 is 5.97 Å². The smallest absolute Gasteiger partial charge is 0.311 e. The molecule has 106 valence electrons. The van der Waals surface area contributed by atoms with Crippen molar-refractivity contribution < 1.29 is 22.5 Å². The van der Waals surface area contributed by atoms with Crippen LogP contribution in [0, 0.1) is 6.92 Å². The van der Waals surface area contributed by atoms with Crippen molar-refractivity contribution in [3.8, 4) is 5.75 Å². The van der Waals surface area contributed by atoms with Gasteiger partial charge in [-0.25, -0.2) is 0 Å². The van der Waals surface area contributed by atoms with Crippen LogP contribution in [0.3, 0.4) is 0 Å². The summed E-state index contributed by atoms with van der Waals surface area (Å²) in [6.45, 7) is 3.63. The third-order valence-electron chi connectivity index (χ3n) is 2.65. The molecular formula is C13H18O5S. The van der Waals surface area contributed by atoms with Crippen LogP contribution in [-0.2, 0) is 14.9 Å². The van der Waals surface area contributed by atoms with Gasteiger partial charge in [0.2, 0.25) is 0 Å². The molecule has 0 saturated carbocycles. The summed E-state index contributed by atoms with van der Waals surface area (Å²) in [5.74, 6) is -0.584. The van der Waals surface area contributed by atoms with Crippen LogP contribution in [0.4, 0.5) is 0 Å². The second-order valence-electron chi connectivity index (χ2n) is 4.31. The third-order valence-corrected chi connectivity index (χ3v) is 3.53.